The van der Waals surface area contributed by atoms with E-state index in [4.69, 9.17) is 16.3 Å². The summed E-state index contributed by atoms with van der Waals surface area (Å²) in [5.74, 6) is 0.581. The van der Waals surface area contributed by atoms with Gasteiger partial charge in [-0.25, -0.2) is 0 Å². The average molecular weight is 399 g/mol. The number of amides is 2. The van der Waals surface area contributed by atoms with Gasteiger partial charge in [0.1, 0.15) is 12.4 Å². The van der Waals surface area contributed by atoms with E-state index in [0.717, 1.165) is 11.1 Å². The van der Waals surface area contributed by atoms with Gasteiger partial charge < -0.3 is 14.5 Å². The molecule has 0 aromatic heterocycles. The van der Waals surface area contributed by atoms with Gasteiger partial charge in [-0.15, -0.1) is 0 Å². The van der Waals surface area contributed by atoms with Crippen molar-refractivity contribution in [2.75, 3.05) is 20.2 Å². The first-order valence-electron chi connectivity index (χ1n) is 9.14. The van der Waals surface area contributed by atoms with Crippen LogP contribution in [0.4, 0.5) is 0 Å². The molecule has 146 valence electrons. The van der Waals surface area contributed by atoms with E-state index in [2.05, 4.69) is 0 Å². The number of nitrogens with zero attached hydrogens (tertiary/aromatic N) is 2. The summed E-state index contributed by atoms with van der Waals surface area (Å²) < 4.78 is 5.66. The van der Waals surface area contributed by atoms with Crippen molar-refractivity contribution >= 4 is 29.5 Å². The number of carbonyl (C=O) groups is 2. The fourth-order valence-electron chi connectivity index (χ4n) is 3.19. The quantitative estimate of drug-likeness (QED) is 0.734. The van der Waals surface area contributed by atoms with Gasteiger partial charge in [-0.2, -0.15) is 0 Å². The lowest BCUT2D eigenvalue weighted by molar-refractivity contribution is -0.134. The number of fused-ring (bicyclic) bond motifs is 1. The first kappa shape index (κ1) is 20.0. The summed E-state index contributed by atoms with van der Waals surface area (Å²) in [5, 5.41) is 0.650. The second kappa shape index (κ2) is 8.93. The number of ether oxygens (including phenoxy) is 1. The Hall–Kier alpha value is -2.79. The van der Waals surface area contributed by atoms with E-state index < -0.39 is 0 Å². The molecule has 1 aliphatic rings. The Morgan fingerprint density at radius 2 is 1.86 bits per heavy atom. The highest BCUT2D eigenvalue weighted by Crippen LogP contribution is 2.33. The minimum absolute atomic E-state index is 0.0407. The van der Waals surface area contributed by atoms with Crippen molar-refractivity contribution in [2.45, 2.75) is 19.4 Å². The van der Waals surface area contributed by atoms with E-state index in [1.54, 1.807) is 47.3 Å². The fraction of sp³-hybridized carbons (Fsp3) is 0.273. The van der Waals surface area contributed by atoms with Crippen LogP contribution in [0.5, 0.6) is 5.75 Å². The van der Waals surface area contributed by atoms with E-state index in [9.17, 15) is 9.59 Å². The van der Waals surface area contributed by atoms with Crippen molar-refractivity contribution in [3.63, 3.8) is 0 Å². The molecule has 2 aromatic carbocycles. The third-order valence-corrected chi connectivity index (χ3v) is 5.02. The van der Waals surface area contributed by atoms with Crippen LogP contribution < -0.4 is 4.74 Å². The summed E-state index contributed by atoms with van der Waals surface area (Å²) in [7, 11) is 1.75. The molecule has 1 aliphatic heterocycles. The highest BCUT2D eigenvalue weighted by Gasteiger charge is 2.29. The molecule has 6 heteroatoms. The highest BCUT2D eigenvalue weighted by atomic mass is 35.5. The zero-order valence-electron chi connectivity index (χ0n) is 16.0. The van der Waals surface area contributed by atoms with Gasteiger partial charge in [-0.3, -0.25) is 9.59 Å². The molecule has 0 fully saturated rings. The SMILES string of the molecule is CC(=O)N1C=Cc2ccccc2[C@@H]1CC(=O)N(C)CCOc1ccc(Cl)cc1. The van der Waals surface area contributed by atoms with Gasteiger partial charge in [0, 0.05) is 25.2 Å². The Kier molecular flexibility index (Phi) is 6.37. The number of hydrogen-bond acceptors (Lipinski definition) is 3. The second-order valence-corrected chi connectivity index (χ2v) is 7.14. The van der Waals surface area contributed by atoms with E-state index in [1.807, 2.05) is 30.3 Å². The van der Waals surface area contributed by atoms with Crippen LogP contribution in [0.1, 0.15) is 30.5 Å². The van der Waals surface area contributed by atoms with Crippen LogP contribution in [0.25, 0.3) is 6.08 Å². The third-order valence-electron chi connectivity index (χ3n) is 4.77. The molecule has 28 heavy (non-hydrogen) atoms. The molecular weight excluding hydrogens is 376 g/mol. The summed E-state index contributed by atoms with van der Waals surface area (Å²) in [6.07, 6.45) is 3.88. The van der Waals surface area contributed by atoms with Crippen molar-refractivity contribution in [3.05, 3.63) is 70.9 Å². The molecule has 5 nitrogen and oxygen atoms in total. The Labute approximate surface area is 170 Å². The monoisotopic (exact) mass is 398 g/mol. The molecule has 0 saturated carbocycles. The average Bonchev–Trinajstić information content (AvgIpc) is 2.69. The highest BCUT2D eigenvalue weighted by molar-refractivity contribution is 6.30. The van der Waals surface area contributed by atoms with Gasteiger partial charge in [0.2, 0.25) is 11.8 Å². The van der Waals surface area contributed by atoms with Crippen LogP contribution in [0.3, 0.4) is 0 Å². The number of likely N-dealkylation sites (N-methyl/N-ethyl adjacent to an activating group) is 1. The largest absolute Gasteiger partial charge is 0.492 e. The molecule has 0 spiro atoms. The molecule has 3 rings (SSSR count). The maximum atomic E-state index is 12.8. The zero-order chi connectivity index (χ0) is 20.1. The first-order chi connectivity index (χ1) is 13.5. The maximum absolute atomic E-state index is 12.8. The zero-order valence-corrected chi connectivity index (χ0v) is 16.7. The molecule has 1 heterocycles. The van der Waals surface area contributed by atoms with Crippen molar-refractivity contribution in [2.24, 2.45) is 0 Å². The Morgan fingerprint density at radius 3 is 2.57 bits per heavy atom. The molecule has 0 unspecified atom stereocenters. The van der Waals surface area contributed by atoms with E-state index in [-0.39, 0.29) is 24.3 Å². The molecule has 0 radical (unpaired) electrons. The molecule has 0 aliphatic carbocycles. The van der Waals surface area contributed by atoms with Crippen molar-refractivity contribution in [3.8, 4) is 5.75 Å². The summed E-state index contributed by atoms with van der Waals surface area (Å²) in [6, 6.07) is 14.6. The van der Waals surface area contributed by atoms with Gasteiger partial charge >= 0.3 is 0 Å². The smallest absolute Gasteiger partial charge is 0.224 e. The maximum Gasteiger partial charge on any atom is 0.224 e. The van der Waals surface area contributed by atoms with Crippen LogP contribution in [0.2, 0.25) is 5.02 Å². The number of carbonyl (C=O) groups excluding carboxylic acids is 2. The first-order valence-corrected chi connectivity index (χ1v) is 9.52. The molecule has 1 atom stereocenters. The molecule has 0 N–H and O–H groups in total. The van der Waals surface area contributed by atoms with E-state index in [1.165, 1.54) is 6.92 Å². The minimum Gasteiger partial charge on any atom is -0.492 e. The van der Waals surface area contributed by atoms with Gasteiger partial charge in [0.25, 0.3) is 0 Å². The van der Waals surface area contributed by atoms with E-state index >= 15 is 0 Å². The summed E-state index contributed by atoms with van der Waals surface area (Å²) in [6.45, 7) is 2.34. The van der Waals surface area contributed by atoms with Gasteiger partial charge in [0.15, 0.2) is 0 Å². The number of benzene rings is 2. The van der Waals surface area contributed by atoms with Gasteiger partial charge in [-0.05, 0) is 41.5 Å². The van der Waals surface area contributed by atoms with Crippen molar-refractivity contribution in [1.82, 2.24) is 9.80 Å². The van der Waals surface area contributed by atoms with Gasteiger partial charge in [-0.1, -0.05) is 35.9 Å². The second-order valence-electron chi connectivity index (χ2n) is 6.71. The van der Waals surface area contributed by atoms with Crippen molar-refractivity contribution in [1.29, 1.82) is 0 Å². The predicted molar refractivity (Wildman–Crippen MR) is 110 cm³/mol. The van der Waals surface area contributed by atoms with Crippen LogP contribution in [0, 0.1) is 0 Å². The number of hydrogen-bond donors (Lipinski definition) is 0. The van der Waals surface area contributed by atoms with Gasteiger partial charge in [0.05, 0.1) is 19.0 Å². The van der Waals surface area contributed by atoms with Crippen LogP contribution in [-0.4, -0.2) is 41.8 Å². The van der Waals surface area contributed by atoms with Crippen LogP contribution in [-0.2, 0) is 9.59 Å². The minimum atomic E-state index is -0.300. The van der Waals surface area contributed by atoms with Crippen LogP contribution >= 0.6 is 11.6 Å². The lowest BCUT2D eigenvalue weighted by Gasteiger charge is -2.33. The molecule has 2 aromatic rings. The molecule has 2 amide bonds. The lowest BCUT2D eigenvalue weighted by atomic mass is 9.93. The van der Waals surface area contributed by atoms with Crippen molar-refractivity contribution < 1.29 is 14.3 Å². The van der Waals surface area contributed by atoms with E-state index in [0.29, 0.717) is 23.9 Å². The van der Waals surface area contributed by atoms with Crippen LogP contribution in [0.15, 0.2) is 54.7 Å². The molecule has 0 bridgehead atoms. The number of halogens is 1. The Morgan fingerprint density at radius 1 is 1.14 bits per heavy atom. The standard InChI is InChI=1S/C22H23ClN2O3/c1-16(26)25-12-11-17-5-3-4-6-20(17)21(25)15-22(27)24(2)13-14-28-19-9-7-18(23)8-10-19/h3-12,21H,13-15H2,1-2H3/t21-/m0/s1. The summed E-state index contributed by atoms with van der Waals surface area (Å²) in [5.41, 5.74) is 2.02. The summed E-state index contributed by atoms with van der Waals surface area (Å²) in [4.78, 5) is 28.1. The Balaban J connectivity index is 1.61. The third kappa shape index (κ3) is 4.73. The molecular formula is C22H23ClN2O3. The molecule has 0 saturated heterocycles. The summed E-state index contributed by atoms with van der Waals surface area (Å²) >= 11 is 5.86. The Bertz CT molecular complexity index is 880. The topological polar surface area (TPSA) is 49.9 Å². The normalized spacial score (nSPS) is 15.1. The fourth-order valence-corrected chi connectivity index (χ4v) is 3.32. The number of rotatable bonds is 6. The lowest BCUT2D eigenvalue weighted by Crippen LogP contribution is -2.37. The predicted octanol–water partition coefficient (Wildman–Crippen LogP) is 4.14.